The normalized spacial score (nSPS) is 10.2. The summed E-state index contributed by atoms with van der Waals surface area (Å²) in [5.74, 6) is -0.739. The van der Waals surface area contributed by atoms with Gasteiger partial charge in [0.25, 0.3) is 0 Å². The largest absolute Gasteiger partial charge is 0.494 e. The smallest absolute Gasteiger partial charge is 0.343 e. The first-order valence-electron chi connectivity index (χ1n) is 14.1. The van der Waals surface area contributed by atoms with Crippen LogP contribution in [0.25, 0.3) is 0 Å². The van der Waals surface area contributed by atoms with Gasteiger partial charge in [-0.15, -0.1) is 0 Å². The van der Waals surface area contributed by atoms with E-state index >= 15 is 0 Å². The molecule has 0 aliphatic carbocycles. The lowest BCUT2D eigenvalue weighted by Gasteiger charge is -2.10. The molecule has 3 aromatic carbocycles. The minimum absolute atomic E-state index is 0.0791. The van der Waals surface area contributed by atoms with Crippen LogP contribution in [0.15, 0.2) is 92.0 Å². The van der Waals surface area contributed by atoms with E-state index in [1.165, 1.54) is 18.2 Å². The maximum atomic E-state index is 12.6. The molecule has 3 aromatic rings. The Bertz CT molecular complexity index is 1470. The molecular formula is C34H33ClO10. The zero-order valence-electron chi connectivity index (χ0n) is 24.5. The summed E-state index contributed by atoms with van der Waals surface area (Å²) >= 11 is 6.29. The van der Waals surface area contributed by atoms with Gasteiger partial charge in [0.2, 0.25) is 0 Å². The lowest BCUT2D eigenvalue weighted by Crippen LogP contribution is -2.10. The minimum atomic E-state index is -0.629. The van der Waals surface area contributed by atoms with E-state index in [4.69, 9.17) is 40.0 Å². The third kappa shape index (κ3) is 12.2. The van der Waals surface area contributed by atoms with Crippen LogP contribution >= 0.6 is 11.6 Å². The monoisotopic (exact) mass is 636 g/mol. The molecule has 0 radical (unpaired) electrons. The fourth-order valence-electron chi connectivity index (χ4n) is 3.58. The molecule has 0 aromatic heterocycles. The van der Waals surface area contributed by atoms with Crippen molar-refractivity contribution in [2.24, 2.45) is 0 Å². The Labute approximate surface area is 266 Å². The molecule has 0 saturated heterocycles. The first-order valence-corrected chi connectivity index (χ1v) is 14.4. The summed E-state index contributed by atoms with van der Waals surface area (Å²) in [6.07, 6.45) is 4.88. The van der Waals surface area contributed by atoms with Crippen molar-refractivity contribution in [3.05, 3.63) is 108 Å². The third-order valence-electron chi connectivity index (χ3n) is 5.93. The van der Waals surface area contributed by atoms with Crippen LogP contribution < -0.4 is 18.9 Å². The average Bonchev–Trinajstić information content (AvgIpc) is 3.05. The number of carbonyl (C=O) groups is 4. The number of hydrogen-bond donors (Lipinski definition) is 0. The maximum absolute atomic E-state index is 12.6. The highest BCUT2D eigenvalue weighted by molar-refractivity contribution is 6.32. The Morgan fingerprint density at radius 3 is 1.44 bits per heavy atom. The number of hydrogen-bond acceptors (Lipinski definition) is 10. The van der Waals surface area contributed by atoms with Crippen molar-refractivity contribution < 1.29 is 47.6 Å². The molecule has 0 N–H and O–H groups in total. The SMILES string of the molecule is C=CC(=O)OCCCCOc1ccc(C(=O)Oc2ccc(OC(=O)c3ccc(OCCCCOC(=O)C=C)cc3)c(Cl)c2)cc1. The second-order valence-corrected chi connectivity index (χ2v) is 9.68. The Hall–Kier alpha value is -5.09. The molecule has 0 bridgehead atoms. The third-order valence-corrected chi connectivity index (χ3v) is 6.23. The summed E-state index contributed by atoms with van der Waals surface area (Å²) in [6, 6.07) is 17.1. The molecule has 10 nitrogen and oxygen atoms in total. The van der Waals surface area contributed by atoms with E-state index < -0.39 is 23.9 Å². The molecule has 0 atom stereocenters. The van der Waals surface area contributed by atoms with Crippen LogP contribution in [-0.2, 0) is 19.1 Å². The lowest BCUT2D eigenvalue weighted by molar-refractivity contribution is -0.138. The van der Waals surface area contributed by atoms with Gasteiger partial charge in [0, 0.05) is 18.2 Å². The molecule has 0 aliphatic rings. The van der Waals surface area contributed by atoms with E-state index in [1.807, 2.05) is 0 Å². The van der Waals surface area contributed by atoms with Crippen molar-refractivity contribution in [3.8, 4) is 23.0 Å². The Balaban J connectivity index is 1.41. The maximum Gasteiger partial charge on any atom is 0.343 e. The van der Waals surface area contributed by atoms with E-state index in [0.717, 1.165) is 12.2 Å². The molecule has 0 fully saturated rings. The van der Waals surface area contributed by atoms with Gasteiger partial charge in [-0.2, -0.15) is 0 Å². The molecule has 0 unspecified atom stereocenters. The zero-order valence-corrected chi connectivity index (χ0v) is 25.3. The minimum Gasteiger partial charge on any atom is -0.494 e. The molecule has 0 amide bonds. The first-order chi connectivity index (χ1) is 21.8. The molecule has 45 heavy (non-hydrogen) atoms. The number of ether oxygens (including phenoxy) is 6. The second kappa shape index (κ2) is 18.5. The Kier molecular flexibility index (Phi) is 14.2. The van der Waals surface area contributed by atoms with Crippen molar-refractivity contribution >= 4 is 35.5 Å². The number of esters is 4. The van der Waals surface area contributed by atoms with Crippen LogP contribution in [0.3, 0.4) is 0 Å². The molecule has 0 aliphatic heterocycles. The molecule has 3 rings (SSSR count). The highest BCUT2D eigenvalue weighted by Crippen LogP contribution is 2.30. The van der Waals surface area contributed by atoms with Crippen molar-refractivity contribution in [2.45, 2.75) is 25.7 Å². The van der Waals surface area contributed by atoms with Gasteiger partial charge < -0.3 is 28.4 Å². The number of carbonyl (C=O) groups excluding carboxylic acids is 4. The summed E-state index contributed by atoms with van der Waals surface area (Å²) in [4.78, 5) is 47.2. The van der Waals surface area contributed by atoms with E-state index in [2.05, 4.69) is 13.2 Å². The Morgan fingerprint density at radius 2 is 1.00 bits per heavy atom. The van der Waals surface area contributed by atoms with Gasteiger partial charge in [-0.05, 0) is 86.3 Å². The summed E-state index contributed by atoms with van der Waals surface area (Å²) in [5.41, 5.74) is 0.582. The molecular weight excluding hydrogens is 604 g/mol. The van der Waals surface area contributed by atoms with Gasteiger partial charge in [-0.3, -0.25) is 0 Å². The summed E-state index contributed by atoms with van der Waals surface area (Å²) < 4.78 is 31.9. The van der Waals surface area contributed by atoms with Crippen LogP contribution in [0, 0.1) is 0 Å². The van der Waals surface area contributed by atoms with E-state index in [1.54, 1.807) is 48.5 Å². The fourth-order valence-corrected chi connectivity index (χ4v) is 3.79. The lowest BCUT2D eigenvalue weighted by atomic mass is 10.2. The summed E-state index contributed by atoms with van der Waals surface area (Å²) in [7, 11) is 0. The number of benzene rings is 3. The van der Waals surface area contributed by atoms with Gasteiger partial charge >= 0.3 is 23.9 Å². The fraction of sp³-hybridized carbons (Fsp3) is 0.235. The van der Waals surface area contributed by atoms with Gasteiger partial charge in [0.1, 0.15) is 23.0 Å². The molecule has 0 spiro atoms. The zero-order chi connectivity index (χ0) is 32.4. The first kappa shape index (κ1) is 34.4. The molecule has 0 saturated carbocycles. The van der Waals surface area contributed by atoms with Crippen LogP contribution in [0.4, 0.5) is 0 Å². The molecule has 0 heterocycles. The quantitative estimate of drug-likeness (QED) is 0.0656. The van der Waals surface area contributed by atoms with Gasteiger partial charge in [-0.1, -0.05) is 24.8 Å². The van der Waals surface area contributed by atoms with Crippen molar-refractivity contribution in [3.63, 3.8) is 0 Å². The predicted molar refractivity (Wildman–Crippen MR) is 166 cm³/mol. The summed E-state index contributed by atoms with van der Waals surface area (Å²) in [5, 5.41) is 0.0791. The van der Waals surface area contributed by atoms with Crippen LogP contribution in [0.5, 0.6) is 23.0 Å². The highest BCUT2D eigenvalue weighted by Gasteiger charge is 2.15. The van der Waals surface area contributed by atoms with Crippen molar-refractivity contribution in [1.29, 1.82) is 0 Å². The van der Waals surface area contributed by atoms with Gasteiger partial charge in [0.15, 0.2) is 0 Å². The average molecular weight is 637 g/mol. The number of rotatable bonds is 18. The van der Waals surface area contributed by atoms with Crippen LogP contribution in [-0.4, -0.2) is 50.3 Å². The van der Waals surface area contributed by atoms with E-state index in [-0.39, 0.29) is 35.3 Å². The van der Waals surface area contributed by atoms with Crippen molar-refractivity contribution in [2.75, 3.05) is 26.4 Å². The van der Waals surface area contributed by atoms with E-state index in [0.29, 0.717) is 56.0 Å². The Morgan fingerprint density at radius 1 is 0.578 bits per heavy atom. The molecule has 11 heteroatoms. The summed E-state index contributed by atoms with van der Waals surface area (Å²) in [6.45, 7) is 8.09. The number of halogens is 1. The van der Waals surface area contributed by atoms with Gasteiger partial charge in [0.05, 0.1) is 42.6 Å². The topological polar surface area (TPSA) is 124 Å². The number of unbranched alkanes of at least 4 members (excludes halogenated alkanes) is 2. The second-order valence-electron chi connectivity index (χ2n) is 9.27. The van der Waals surface area contributed by atoms with Gasteiger partial charge in [-0.25, -0.2) is 19.2 Å². The van der Waals surface area contributed by atoms with Crippen LogP contribution in [0.1, 0.15) is 46.4 Å². The van der Waals surface area contributed by atoms with E-state index in [9.17, 15) is 19.2 Å². The standard InChI is InChI=1S/C34H33ClO10/c1-3-31(36)42-21-7-5-19-40-26-13-9-24(10-14-26)33(38)44-28-17-18-30(29(35)23-28)45-34(39)25-11-15-27(16-12-25)41-20-6-8-22-43-32(37)4-2/h3-4,9-18,23H,1-2,5-8,19-22H2. The molecule has 236 valence electrons. The van der Waals surface area contributed by atoms with Crippen LogP contribution in [0.2, 0.25) is 5.02 Å². The predicted octanol–water partition coefficient (Wildman–Crippen LogP) is 6.55. The highest BCUT2D eigenvalue weighted by atomic mass is 35.5. The van der Waals surface area contributed by atoms with Crippen molar-refractivity contribution in [1.82, 2.24) is 0 Å².